The van der Waals surface area contributed by atoms with Crippen LogP contribution in [0.3, 0.4) is 0 Å². The van der Waals surface area contributed by atoms with Gasteiger partial charge in [0, 0.05) is 36.1 Å². The first kappa shape index (κ1) is 18.0. The largest absolute Gasteiger partial charge is 0.385 e. The summed E-state index contributed by atoms with van der Waals surface area (Å²) in [7, 11) is 1.71. The fraction of sp³-hybridized carbons (Fsp3) is 0.250. The van der Waals surface area contributed by atoms with Crippen LogP contribution in [-0.2, 0) is 11.3 Å². The average molecular weight is 397 g/mol. The molecule has 0 atom stereocenters. The molecule has 4 aromatic rings. The third kappa shape index (κ3) is 3.58. The van der Waals surface area contributed by atoms with Crippen LogP contribution in [0.4, 0.5) is 0 Å². The van der Waals surface area contributed by atoms with Crippen LogP contribution < -0.4 is 0 Å². The van der Waals surface area contributed by atoms with Crippen LogP contribution in [0, 0.1) is 11.7 Å². The highest BCUT2D eigenvalue weighted by atomic mass is 32.1. The molecule has 27 heavy (non-hydrogen) atoms. The molecule has 1 aromatic carbocycles. The first-order valence-electron chi connectivity index (χ1n) is 8.78. The molecule has 1 N–H and O–H groups in total. The lowest BCUT2D eigenvalue weighted by molar-refractivity contribution is 0.190. The normalized spacial score (nSPS) is 11.3. The van der Waals surface area contributed by atoms with Crippen molar-refractivity contribution in [2.75, 3.05) is 13.7 Å². The van der Waals surface area contributed by atoms with Gasteiger partial charge in [-0.15, -0.1) is 11.3 Å². The number of pyridine rings is 1. The number of para-hydroxylation sites is 1. The third-order valence-corrected chi connectivity index (χ3v) is 5.77. The van der Waals surface area contributed by atoms with E-state index in [9.17, 15) is 0 Å². The minimum atomic E-state index is 0.621. The molecule has 4 rings (SSSR count). The van der Waals surface area contributed by atoms with E-state index in [1.165, 1.54) is 4.88 Å². The lowest BCUT2D eigenvalue weighted by Gasteiger charge is -2.11. The summed E-state index contributed by atoms with van der Waals surface area (Å²) in [6.45, 7) is 3.54. The van der Waals surface area contributed by atoms with Gasteiger partial charge in [0.15, 0.2) is 10.6 Å². The van der Waals surface area contributed by atoms with Gasteiger partial charge in [-0.05, 0) is 49.8 Å². The van der Waals surface area contributed by atoms with Crippen LogP contribution in [0.1, 0.15) is 11.3 Å². The van der Waals surface area contributed by atoms with E-state index in [1.54, 1.807) is 18.4 Å². The molecule has 0 aliphatic rings. The van der Waals surface area contributed by atoms with E-state index in [0.717, 1.165) is 45.8 Å². The Kier molecular flexibility index (Phi) is 5.15. The molecule has 0 fully saturated rings. The van der Waals surface area contributed by atoms with Gasteiger partial charge in [0.25, 0.3) is 0 Å². The Hall–Kier alpha value is -2.35. The number of nitrogens with one attached hydrogen (secondary N) is 1. The van der Waals surface area contributed by atoms with Crippen LogP contribution in [0.15, 0.2) is 42.5 Å². The van der Waals surface area contributed by atoms with Crippen LogP contribution in [0.5, 0.6) is 0 Å². The van der Waals surface area contributed by atoms with Crippen molar-refractivity contribution in [1.29, 1.82) is 0 Å². The number of rotatable bonds is 6. The Morgan fingerprint density at radius 3 is 2.85 bits per heavy atom. The third-order valence-electron chi connectivity index (χ3n) is 4.44. The Morgan fingerprint density at radius 2 is 2.07 bits per heavy atom. The van der Waals surface area contributed by atoms with Crippen molar-refractivity contribution in [2.24, 2.45) is 0 Å². The molecule has 0 saturated carbocycles. The van der Waals surface area contributed by atoms with E-state index in [2.05, 4.69) is 41.4 Å². The summed E-state index contributed by atoms with van der Waals surface area (Å²) in [5, 5.41) is 8.55. The predicted molar refractivity (Wildman–Crippen MR) is 113 cm³/mol. The second-order valence-corrected chi connectivity index (χ2v) is 8.01. The average Bonchev–Trinajstić information content (AvgIpc) is 3.27. The minimum absolute atomic E-state index is 0.621. The maximum absolute atomic E-state index is 5.47. The Labute approximate surface area is 166 Å². The zero-order valence-electron chi connectivity index (χ0n) is 15.2. The van der Waals surface area contributed by atoms with Gasteiger partial charge in [-0.2, -0.15) is 5.10 Å². The lowest BCUT2D eigenvalue weighted by Crippen LogP contribution is -2.04. The molecular formula is C20H20N4OS2. The maximum atomic E-state index is 5.47. The summed E-state index contributed by atoms with van der Waals surface area (Å²) in [6.07, 6.45) is 0.872. The van der Waals surface area contributed by atoms with Gasteiger partial charge in [0.05, 0.1) is 16.1 Å². The highest BCUT2D eigenvalue weighted by molar-refractivity contribution is 7.71. The van der Waals surface area contributed by atoms with Crippen molar-refractivity contribution in [2.45, 2.75) is 19.9 Å². The molecule has 7 heteroatoms. The first-order valence-corrected chi connectivity index (χ1v) is 10.0. The summed E-state index contributed by atoms with van der Waals surface area (Å²) in [6, 6.07) is 14.5. The number of hydrogen-bond donors (Lipinski definition) is 1. The number of H-pyrrole nitrogens is 1. The molecule has 0 spiro atoms. The number of benzene rings is 1. The molecule has 0 radical (unpaired) electrons. The van der Waals surface area contributed by atoms with Crippen molar-refractivity contribution in [3.63, 3.8) is 0 Å². The molecule has 3 aromatic heterocycles. The van der Waals surface area contributed by atoms with Crippen molar-refractivity contribution < 1.29 is 4.74 Å². The Morgan fingerprint density at radius 1 is 1.22 bits per heavy atom. The molecule has 0 bridgehead atoms. The summed E-state index contributed by atoms with van der Waals surface area (Å²) in [4.78, 5) is 7.29. The summed E-state index contributed by atoms with van der Waals surface area (Å²) in [5.74, 6) is 0.837. The fourth-order valence-electron chi connectivity index (χ4n) is 3.16. The van der Waals surface area contributed by atoms with Gasteiger partial charge in [-0.1, -0.05) is 18.2 Å². The molecule has 5 nitrogen and oxygen atoms in total. The van der Waals surface area contributed by atoms with Crippen LogP contribution in [0.2, 0.25) is 0 Å². The number of fused-ring (bicyclic) bond motifs is 1. The molecular weight excluding hydrogens is 376 g/mol. The summed E-state index contributed by atoms with van der Waals surface area (Å²) < 4.78 is 7.85. The minimum Gasteiger partial charge on any atom is -0.385 e. The number of thiophene rings is 1. The van der Waals surface area contributed by atoms with Crippen molar-refractivity contribution in [3.8, 4) is 22.0 Å². The quantitative estimate of drug-likeness (QED) is 0.358. The second-order valence-electron chi connectivity index (χ2n) is 6.33. The number of nitrogens with zero attached hydrogens (tertiary/aromatic N) is 3. The van der Waals surface area contributed by atoms with Crippen molar-refractivity contribution >= 4 is 34.5 Å². The zero-order chi connectivity index (χ0) is 18.8. The monoisotopic (exact) mass is 396 g/mol. The van der Waals surface area contributed by atoms with E-state index in [0.29, 0.717) is 11.4 Å². The van der Waals surface area contributed by atoms with Gasteiger partial charge in [-0.3, -0.25) is 5.10 Å². The number of methoxy groups -OCH3 is 1. The number of aromatic nitrogens is 4. The molecule has 0 unspecified atom stereocenters. The SMILES string of the molecule is COCCCn1c(-c2cc(-c3ccc(C)s3)nc3ccccc23)n[nH]c1=S. The van der Waals surface area contributed by atoms with E-state index < -0.39 is 0 Å². The van der Waals surface area contributed by atoms with Crippen LogP contribution >= 0.6 is 23.6 Å². The summed E-state index contributed by atoms with van der Waals surface area (Å²) >= 11 is 7.21. The van der Waals surface area contributed by atoms with Gasteiger partial charge in [0.1, 0.15) is 0 Å². The Bertz CT molecular complexity index is 1140. The van der Waals surface area contributed by atoms with Gasteiger partial charge in [-0.25, -0.2) is 4.98 Å². The maximum Gasteiger partial charge on any atom is 0.195 e. The number of aromatic amines is 1. The molecule has 0 aliphatic carbocycles. The molecule has 138 valence electrons. The lowest BCUT2D eigenvalue weighted by atomic mass is 10.1. The molecule has 3 heterocycles. The first-order chi connectivity index (χ1) is 13.2. The summed E-state index contributed by atoms with van der Waals surface area (Å²) in [5.41, 5.74) is 2.94. The van der Waals surface area contributed by atoms with E-state index in [1.807, 2.05) is 22.8 Å². The van der Waals surface area contributed by atoms with Crippen molar-refractivity contribution in [1.82, 2.24) is 19.7 Å². The number of hydrogen-bond acceptors (Lipinski definition) is 5. The van der Waals surface area contributed by atoms with E-state index in [-0.39, 0.29) is 0 Å². The highest BCUT2D eigenvalue weighted by Crippen LogP contribution is 2.33. The van der Waals surface area contributed by atoms with Crippen LogP contribution in [0.25, 0.3) is 32.9 Å². The molecule has 0 amide bonds. The molecule has 0 saturated heterocycles. The topological polar surface area (TPSA) is 55.7 Å². The smallest absolute Gasteiger partial charge is 0.195 e. The van der Waals surface area contributed by atoms with Crippen LogP contribution in [-0.4, -0.2) is 33.5 Å². The van der Waals surface area contributed by atoms with E-state index >= 15 is 0 Å². The van der Waals surface area contributed by atoms with Gasteiger partial charge < -0.3 is 9.30 Å². The number of ether oxygens (including phenoxy) is 1. The number of aryl methyl sites for hydroxylation is 1. The molecule has 0 aliphatic heterocycles. The highest BCUT2D eigenvalue weighted by Gasteiger charge is 2.15. The van der Waals surface area contributed by atoms with Gasteiger partial charge in [0.2, 0.25) is 0 Å². The fourth-order valence-corrected chi connectivity index (χ4v) is 4.21. The second kappa shape index (κ2) is 7.72. The van der Waals surface area contributed by atoms with Crippen molar-refractivity contribution in [3.05, 3.63) is 52.1 Å². The van der Waals surface area contributed by atoms with Gasteiger partial charge >= 0.3 is 0 Å². The zero-order valence-corrected chi connectivity index (χ0v) is 16.9. The predicted octanol–water partition coefficient (Wildman–Crippen LogP) is 5.23. The standard InChI is InChI=1S/C20H20N4OS2/c1-13-8-9-18(27-13)17-12-15(14-6-3-4-7-16(14)21-17)19-22-23-20(26)24(19)10-5-11-25-2/h3-4,6-9,12H,5,10-11H2,1-2H3,(H,23,26). The Balaban J connectivity index is 1.90. The van der Waals surface area contributed by atoms with E-state index in [4.69, 9.17) is 21.9 Å².